The van der Waals surface area contributed by atoms with Gasteiger partial charge in [-0.1, -0.05) is 0 Å². The Labute approximate surface area is 116 Å². The molecule has 0 radical (unpaired) electrons. The van der Waals surface area contributed by atoms with Crippen molar-refractivity contribution in [3.63, 3.8) is 0 Å². The molecule has 1 atom stereocenters. The summed E-state index contributed by atoms with van der Waals surface area (Å²) in [6.45, 7) is 3.30. The fourth-order valence-corrected chi connectivity index (χ4v) is 2.94. The molecule has 1 aromatic rings. The zero-order chi connectivity index (χ0) is 13.8. The van der Waals surface area contributed by atoms with Gasteiger partial charge in [0.1, 0.15) is 10.9 Å². The minimum Gasteiger partial charge on any atom is -0.397 e. The summed E-state index contributed by atoms with van der Waals surface area (Å²) in [5, 5.41) is 4.49. The number of nitrogen functional groups attached to an aromatic ring is 1. The number of hydrogen-bond acceptors (Lipinski definition) is 4. The van der Waals surface area contributed by atoms with E-state index in [4.69, 9.17) is 5.73 Å². The molecule has 0 aliphatic carbocycles. The predicted octanol–water partition coefficient (Wildman–Crippen LogP) is 1.46. The van der Waals surface area contributed by atoms with Gasteiger partial charge in [-0.2, -0.15) is 0 Å². The smallest absolute Gasteiger partial charge is 0.264 e. The maximum Gasteiger partial charge on any atom is 0.264 e. The fourth-order valence-electron chi connectivity index (χ4n) is 2.22. The van der Waals surface area contributed by atoms with Crippen molar-refractivity contribution in [1.82, 2.24) is 10.2 Å². The first-order valence-corrected chi connectivity index (χ1v) is 7.40. The van der Waals surface area contributed by atoms with Gasteiger partial charge in [-0.3, -0.25) is 9.59 Å². The molecule has 2 amide bonds. The Morgan fingerprint density at radius 3 is 2.63 bits per heavy atom. The minimum atomic E-state index is -0.507. The molecule has 5 nitrogen and oxygen atoms in total. The van der Waals surface area contributed by atoms with Gasteiger partial charge < -0.3 is 16.0 Å². The van der Waals surface area contributed by atoms with Crippen LogP contribution in [0.1, 0.15) is 35.9 Å². The van der Waals surface area contributed by atoms with Gasteiger partial charge in [0, 0.05) is 13.1 Å². The summed E-state index contributed by atoms with van der Waals surface area (Å²) < 4.78 is 0. The number of likely N-dealkylation sites (tertiary alicyclic amines) is 1. The number of anilines is 1. The highest BCUT2D eigenvalue weighted by atomic mass is 32.1. The standard InChI is InChI=1S/C13H19N3O2S/c1-9(13(18)16-6-3-2-4-7-16)15-12(17)11-10(14)5-8-19-11/h5,8-9H,2-4,6-7,14H2,1H3,(H,15,17). The van der Waals surface area contributed by atoms with E-state index in [0.29, 0.717) is 10.6 Å². The maximum atomic E-state index is 12.2. The number of amides is 2. The zero-order valence-electron chi connectivity index (χ0n) is 11.0. The SMILES string of the molecule is CC(NC(=O)c1sccc1N)C(=O)N1CCCCC1. The molecule has 3 N–H and O–H groups in total. The van der Waals surface area contributed by atoms with Crippen molar-refractivity contribution in [2.24, 2.45) is 0 Å². The Hall–Kier alpha value is -1.56. The van der Waals surface area contributed by atoms with Crippen LogP contribution < -0.4 is 11.1 Å². The monoisotopic (exact) mass is 281 g/mol. The molecule has 104 valence electrons. The molecule has 1 fully saturated rings. The number of nitrogens with two attached hydrogens (primary N) is 1. The van der Waals surface area contributed by atoms with Gasteiger partial charge in [0.15, 0.2) is 0 Å². The van der Waals surface area contributed by atoms with Crippen LogP contribution in [0.2, 0.25) is 0 Å². The van der Waals surface area contributed by atoms with Crippen LogP contribution in [0, 0.1) is 0 Å². The molecular weight excluding hydrogens is 262 g/mol. The van der Waals surface area contributed by atoms with Crippen LogP contribution in [0.4, 0.5) is 5.69 Å². The lowest BCUT2D eigenvalue weighted by molar-refractivity contribution is -0.133. The third-order valence-electron chi connectivity index (χ3n) is 3.29. The number of piperidine rings is 1. The highest BCUT2D eigenvalue weighted by Gasteiger charge is 2.24. The number of hydrogen-bond donors (Lipinski definition) is 2. The molecular formula is C13H19N3O2S. The summed E-state index contributed by atoms with van der Waals surface area (Å²) in [4.78, 5) is 26.4. The maximum absolute atomic E-state index is 12.2. The molecule has 1 aromatic heterocycles. The molecule has 0 spiro atoms. The second-order valence-corrected chi connectivity index (χ2v) is 5.70. The minimum absolute atomic E-state index is 0.0109. The van der Waals surface area contributed by atoms with Crippen LogP contribution >= 0.6 is 11.3 Å². The molecule has 0 aromatic carbocycles. The van der Waals surface area contributed by atoms with Crippen molar-refractivity contribution in [3.8, 4) is 0 Å². The van der Waals surface area contributed by atoms with E-state index in [9.17, 15) is 9.59 Å². The second-order valence-electron chi connectivity index (χ2n) is 4.79. The average Bonchev–Trinajstić information content (AvgIpc) is 2.85. The van der Waals surface area contributed by atoms with Crippen LogP contribution in [-0.4, -0.2) is 35.8 Å². The van der Waals surface area contributed by atoms with Crippen LogP contribution in [0.15, 0.2) is 11.4 Å². The van der Waals surface area contributed by atoms with Crippen molar-refractivity contribution >= 4 is 28.8 Å². The van der Waals surface area contributed by atoms with E-state index in [1.807, 2.05) is 4.90 Å². The third-order valence-corrected chi connectivity index (χ3v) is 4.22. The van der Waals surface area contributed by atoms with Crippen molar-refractivity contribution in [1.29, 1.82) is 0 Å². The van der Waals surface area contributed by atoms with Crippen molar-refractivity contribution in [3.05, 3.63) is 16.3 Å². The summed E-state index contributed by atoms with van der Waals surface area (Å²) in [7, 11) is 0. The van der Waals surface area contributed by atoms with Gasteiger partial charge in [-0.15, -0.1) is 11.3 Å². The largest absolute Gasteiger partial charge is 0.397 e. The van der Waals surface area contributed by atoms with Crippen LogP contribution in [0.25, 0.3) is 0 Å². The van der Waals surface area contributed by atoms with Crippen molar-refractivity contribution in [2.75, 3.05) is 18.8 Å². The molecule has 19 heavy (non-hydrogen) atoms. The van der Waals surface area contributed by atoms with Gasteiger partial charge in [0.05, 0.1) is 5.69 Å². The first-order valence-electron chi connectivity index (χ1n) is 6.52. The number of carbonyl (C=O) groups excluding carboxylic acids is 2. The average molecular weight is 281 g/mol. The quantitative estimate of drug-likeness (QED) is 0.880. The van der Waals surface area contributed by atoms with E-state index < -0.39 is 6.04 Å². The van der Waals surface area contributed by atoms with E-state index in [1.54, 1.807) is 18.4 Å². The molecule has 0 saturated carbocycles. The number of nitrogens with one attached hydrogen (secondary N) is 1. The summed E-state index contributed by atoms with van der Waals surface area (Å²) >= 11 is 1.28. The topological polar surface area (TPSA) is 75.4 Å². The molecule has 1 aliphatic heterocycles. The van der Waals surface area contributed by atoms with Crippen molar-refractivity contribution in [2.45, 2.75) is 32.2 Å². The molecule has 0 bridgehead atoms. The third kappa shape index (κ3) is 3.26. The van der Waals surface area contributed by atoms with Gasteiger partial charge in [0.2, 0.25) is 5.91 Å². The Bertz CT molecular complexity index is 466. The molecule has 1 saturated heterocycles. The Balaban J connectivity index is 1.93. The number of rotatable bonds is 3. The second kappa shape index (κ2) is 6.06. The molecule has 6 heteroatoms. The van der Waals surface area contributed by atoms with Gasteiger partial charge in [0.25, 0.3) is 5.91 Å². The van der Waals surface area contributed by atoms with E-state index in [2.05, 4.69) is 5.32 Å². The number of thiophene rings is 1. The first kappa shape index (κ1) is 13.9. The van der Waals surface area contributed by atoms with E-state index in [0.717, 1.165) is 25.9 Å². The van der Waals surface area contributed by atoms with E-state index >= 15 is 0 Å². The fraction of sp³-hybridized carbons (Fsp3) is 0.538. The molecule has 2 heterocycles. The van der Waals surface area contributed by atoms with Crippen molar-refractivity contribution < 1.29 is 9.59 Å². The summed E-state index contributed by atoms with van der Waals surface area (Å²) in [6, 6.07) is 1.18. The molecule has 2 rings (SSSR count). The lowest BCUT2D eigenvalue weighted by Gasteiger charge is -2.29. The van der Waals surface area contributed by atoms with E-state index in [-0.39, 0.29) is 11.8 Å². The lowest BCUT2D eigenvalue weighted by Crippen LogP contribution is -2.48. The van der Waals surface area contributed by atoms with Gasteiger partial charge in [-0.25, -0.2) is 0 Å². The zero-order valence-corrected chi connectivity index (χ0v) is 11.8. The summed E-state index contributed by atoms with van der Waals surface area (Å²) in [5.74, 6) is -0.284. The van der Waals surface area contributed by atoms with E-state index in [1.165, 1.54) is 17.8 Å². The van der Waals surface area contributed by atoms with Crippen LogP contribution in [0.3, 0.4) is 0 Å². The van der Waals surface area contributed by atoms with Gasteiger partial charge in [-0.05, 0) is 37.6 Å². The molecule has 1 aliphatic rings. The Kier molecular flexibility index (Phi) is 4.42. The number of nitrogens with zero attached hydrogens (tertiary/aromatic N) is 1. The van der Waals surface area contributed by atoms with Crippen LogP contribution in [-0.2, 0) is 4.79 Å². The van der Waals surface area contributed by atoms with Gasteiger partial charge >= 0.3 is 0 Å². The highest BCUT2D eigenvalue weighted by Crippen LogP contribution is 2.18. The lowest BCUT2D eigenvalue weighted by atomic mass is 10.1. The summed E-state index contributed by atoms with van der Waals surface area (Å²) in [6.07, 6.45) is 3.27. The van der Waals surface area contributed by atoms with Crippen LogP contribution in [0.5, 0.6) is 0 Å². The summed E-state index contributed by atoms with van der Waals surface area (Å²) in [5.41, 5.74) is 6.15. The highest BCUT2D eigenvalue weighted by molar-refractivity contribution is 7.12. The first-order chi connectivity index (χ1) is 9.09. The Morgan fingerprint density at radius 2 is 2.05 bits per heavy atom. The Morgan fingerprint density at radius 1 is 1.37 bits per heavy atom. The number of carbonyl (C=O) groups is 2. The normalized spacial score (nSPS) is 17.0. The molecule has 1 unspecified atom stereocenters. The predicted molar refractivity (Wildman–Crippen MR) is 76.1 cm³/mol.